The van der Waals surface area contributed by atoms with Crippen molar-refractivity contribution >= 4 is 5.91 Å². The van der Waals surface area contributed by atoms with Crippen LogP contribution >= 0.6 is 0 Å². The lowest BCUT2D eigenvalue weighted by Crippen LogP contribution is -2.40. The first-order valence-corrected chi connectivity index (χ1v) is 7.25. The van der Waals surface area contributed by atoms with Crippen LogP contribution < -0.4 is 5.32 Å². The van der Waals surface area contributed by atoms with E-state index in [0.29, 0.717) is 18.5 Å². The number of carbonyl (C=O) groups is 1. The van der Waals surface area contributed by atoms with Crippen molar-refractivity contribution in [1.29, 1.82) is 0 Å². The van der Waals surface area contributed by atoms with Gasteiger partial charge in [-0.25, -0.2) is 9.07 Å². The van der Waals surface area contributed by atoms with Gasteiger partial charge in [0.2, 0.25) is 0 Å². The lowest BCUT2D eigenvalue weighted by molar-refractivity contribution is 0.0448. The van der Waals surface area contributed by atoms with Crippen LogP contribution in [0.5, 0.6) is 0 Å². The Bertz CT molecular complexity index is 662. The van der Waals surface area contributed by atoms with E-state index in [1.54, 1.807) is 12.1 Å². The van der Waals surface area contributed by atoms with Crippen molar-refractivity contribution in [3.63, 3.8) is 0 Å². The highest BCUT2D eigenvalue weighted by Crippen LogP contribution is 2.28. The van der Waals surface area contributed by atoms with Crippen LogP contribution in [0.2, 0.25) is 0 Å². The second-order valence-corrected chi connectivity index (χ2v) is 5.64. The van der Waals surface area contributed by atoms with E-state index in [2.05, 4.69) is 15.6 Å². The van der Waals surface area contributed by atoms with E-state index in [0.717, 1.165) is 12.8 Å². The molecule has 6 nitrogen and oxygen atoms in total. The van der Waals surface area contributed by atoms with E-state index >= 15 is 0 Å². The van der Waals surface area contributed by atoms with Gasteiger partial charge in [-0.2, -0.15) is 0 Å². The number of rotatable bonds is 4. The molecule has 0 unspecified atom stereocenters. The number of nitrogens with zero attached hydrogens (tertiary/aromatic N) is 3. The Morgan fingerprint density at radius 3 is 2.68 bits per heavy atom. The van der Waals surface area contributed by atoms with Crippen molar-refractivity contribution in [3.8, 4) is 5.69 Å². The number of hydrogen-bond donors (Lipinski definition) is 2. The molecule has 1 fully saturated rings. The highest BCUT2D eigenvalue weighted by molar-refractivity contribution is 5.91. The molecule has 3 rings (SSSR count). The van der Waals surface area contributed by atoms with Crippen LogP contribution in [0, 0.1) is 5.82 Å². The Labute approximate surface area is 127 Å². The minimum absolute atomic E-state index is 0.158. The number of aromatic nitrogens is 3. The third kappa shape index (κ3) is 3.14. The second kappa shape index (κ2) is 5.84. The number of nitrogens with one attached hydrogen (secondary N) is 1. The van der Waals surface area contributed by atoms with Crippen molar-refractivity contribution < 1.29 is 14.3 Å². The maximum Gasteiger partial charge on any atom is 0.273 e. The monoisotopic (exact) mass is 304 g/mol. The van der Waals surface area contributed by atoms with E-state index < -0.39 is 5.60 Å². The molecule has 7 heteroatoms. The number of hydrogen-bond acceptors (Lipinski definition) is 4. The van der Waals surface area contributed by atoms with Crippen LogP contribution in [-0.2, 0) is 0 Å². The number of aliphatic hydroxyl groups is 1. The summed E-state index contributed by atoms with van der Waals surface area (Å²) in [5.41, 5.74) is -0.0314. The third-order valence-electron chi connectivity index (χ3n) is 3.93. The number of amides is 1. The van der Waals surface area contributed by atoms with Crippen LogP contribution in [-0.4, -0.2) is 38.2 Å². The van der Waals surface area contributed by atoms with Gasteiger partial charge in [-0.3, -0.25) is 4.79 Å². The van der Waals surface area contributed by atoms with Crippen molar-refractivity contribution in [1.82, 2.24) is 20.3 Å². The average molecular weight is 304 g/mol. The zero-order valence-electron chi connectivity index (χ0n) is 12.0. The smallest absolute Gasteiger partial charge is 0.273 e. The van der Waals surface area contributed by atoms with E-state index in [4.69, 9.17) is 0 Å². The van der Waals surface area contributed by atoms with Gasteiger partial charge >= 0.3 is 0 Å². The first kappa shape index (κ1) is 14.6. The summed E-state index contributed by atoms with van der Waals surface area (Å²) in [4.78, 5) is 12.0. The standard InChI is InChI=1S/C15H17FN4O2/c16-11-3-5-12(6-4-11)20-9-13(18-19-20)14(21)17-10-15(22)7-1-2-8-15/h3-6,9,22H,1-2,7-8,10H2,(H,17,21). The summed E-state index contributed by atoms with van der Waals surface area (Å²) in [7, 11) is 0. The van der Waals surface area contributed by atoms with Crippen molar-refractivity contribution in [2.45, 2.75) is 31.3 Å². The minimum atomic E-state index is -0.803. The third-order valence-corrected chi connectivity index (χ3v) is 3.93. The fourth-order valence-electron chi connectivity index (χ4n) is 2.63. The largest absolute Gasteiger partial charge is 0.388 e. The molecule has 1 aliphatic carbocycles. The van der Waals surface area contributed by atoms with E-state index in [1.807, 2.05) is 0 Å². The molecule has 22 heavy (non-hydrogen) atoms. The van der Waals surface area contributed by atoms with Crippen molar-refractivity contribution in [2.75, 3.05) is 6.54 Å². The molecule has 1 aliphatic rings. The van der Waals surface area contributed by atoms with Gasteiger partial charge in [-0.15, -0.1) is 5.10 Å². The average Bonchev–Trinajstić information content (AvgIpc) is 3.15. The van der Waals surface area contributed by atoms with Gasteiger partial charge in [0, 0.05) is 6.54 Å². The summed E-state index contributed by atoms with van der Waals surface area (Å²) >= 11 is 0. The van der Waals surface area contributed by atoms with Crippen LogP contribution in [0.4, 0.5) is 4.39 Å². The topological polar surface area (TPSA) is 80.0 Å². The Kier molecular flexibility index (Phi) is 3.89. The van der Waals surface area contributed by atoms with Gasteiger partial charge in [0.25, 0.3) is 5.91 Å². The molecule has 2 aromatic rings. The molecule has 116 valence electrons. The Morgan fingerprint density at radius 1 is 1.32 bits per heavy atom. The van der Waals surface area contributed by atoms with E-state index in [1.165, 1.54) is 23.0 Å². The molecule has 1 amide bonds. The first-order chi connectivity index (χ1) is 10.6. The molecule has 1 heterocycles. The Morgan fingerprint density at radius 2 is 2.00 bits per heavy atom. The number of carbonyl (C=O) groups excluding carboxylic acids is 1. The quantitative estimate of drug-likeness (QED) is 0.896. The molecule has 0 radical (unpaired) electrons. The molecule has 1 aromatic heterocycles. The number of halogens is 1. The summed E-state index contributed by atoms with van der Waals surface area (Å²) < 4.78 is 14.3. The highest BCUT2D eigenvalue weighted by Gasteiger charge is 2.31. The maximum atomic E-state index is 12.9. The maximum absolute atomic E-state index is 12.9. The summed E-state index contributed by atoms with van der Waals surface area (Å²) in [6.45, 7) is 0.218. The van der Waals surface area contributed by atoms with Gasteiger partial charge in [0.15, 0.2) is 5.69 Å². The van der Waals surface area contributed by atoms with E-state index in [9.17, 15) is 14.3 Å². The molecule has 0 saturated heterocycles. The molecular formula is C15H17FN4O2. The fourth-order valence-corrected chi connectivity index (χ4v) is 2.63. The molecule has 0 aliphatic heterocycles. The van der Waals surface area contributed by atoms with E-state index in [-0.39, 0.29) is 24.0 Å². The fraction of sp³-hybridized carbons (Fsp3) is 0.400. The molecule has 1 aromatic carbocycles. The van der Waals surface area contributed by atoms with Crippen LogP contribution in [0.1, 0.15) is 36.2 Å². The zero-order valence-corrected chi connectivity index (χ0v) is 12.0. The van der Waals surface area contributed by atoms with Crippen LogP contribution in [0.3, 0.4) is 0 Å². The highest BCUT2D eigenvalue weighted by atomic mass is 19.1. The van der Waals surface area contributed by atoms with Gasteiger partial charge in [0.1, 0.15) is 5.82 Å². The van der Waals surface area contributed by atoms with Gasteiger partial charge in [-0.1, -0.05) is 18.1 Å². The molecule has 2 N–H and O–H groups in total. The van der Waals surface area contributed by atoms with Gasteiger partial charge in [-0.05, 0) is 37.1 Å². The summed E-state index contributed by atoms with van der Waals surface area (Å²) in [6.07, 6.45) is 4.84. The van der Waals surface area contributed by atoms with Crippen LogP contribution in [0.25, 0.3) is 5.69 Å². The van der Waals surface area contributed by atoms with Gasteiger partial charge in [0.05, 0.1) is 17.5 Å². The molecular weight excluding hydrogens is 287 g/mol. The summed E-state index contributed by atoms with van der Waals surface area (Å²) in [5.74, 6) is -0.722. The lowest BCUT2D eigenvalue weighted by atomic mass is 10.0. The predicted octanol–water partition coefficient (Wildman–Crippen LogP) is 1.44. The Hall–Kier alpha value is -2.28. The normalized spacial score (nSPS) is 16.6. The zero-order chi connectivity index (χ0) is 15.6. The molecule has 0 atom stereocenters. The Balaban J connectivity index is 1.65. The molecule has 0 bridgehead atoms. The predicted molar refractivity (Wildman–Crippen MR) is 77.1 cm³/mol. The van der Waals surface area contributed by atoms with Crippen LogP contribution in [0.15, 0.2) is 30.5 Å². The minimum Gasteiger partial charge on any atom is -0.388 e. The summed E-state index contributed by atoms with van der Waals surface area (Å²) in [5, 5.41) is 20.6. The molecule has 1 saturated carbocycles. The first-order valence-electron chi connectivity index (χ1n) is 7.25. The summed E-state index contributed by atoms with van der Waals surface area (Å²) in [6, 6.07) is 5.72. The molecule has 0 spiro atoms. The second-order valence-electron chi connectivity index (χ2n) is 5.64. The SMILES string of the molecule is O=C(NCC1(O)CCCC1)c1cn(-c2ccc(F)cc2)nn1. The van der Waals surface area contributed by atoms with Crippen molar-refractivity contribution in [3.05, 3.63) is 42.0 Å². The number of benzene rings is 1. The van der Waals surface area contributed by atoms with Gasteiger partial charge < -0.3 is 10.4 Å². The lowest BCUT2D eigenvalue weighted by Gasteiger charge is -2.21. The van der Waals surface area contributed by atoms with Crippen molar-refractivity contribution in [2.24, 2.45) is 0 Å².